The number of nitrogens with zero attached hydrogens (tertiary/aromatic N) is 4. The molecule has 0 unspecified atom stereocenters. The van der Waals surface area contributed by atoms with Gasteiger partial charge in [-0.3, -0.25) is 19.4 Å². The molecule has 2 N–H and O–H groups in total. The monoisotopic (exact) mass is 732 g/mol. The van der Waals surface area contributed by atoms with E-state index in [1.807, 2.05) is 50.2 Å². The smallest absolute Gasteiger partial charge is 0.255 e. The van der Waals surface area contributed by atoms with Crippen LogP contribution in [-0.4, -0.2) is 55.4 Å². The Morgan fingerprint density at radius 2 is 1.64 bits per heavy atom. The summed E-state index contributed by atoms with van der Waals surface area (Å²) in [5, 5.41) is 6.97. The molecule has 2 heterocycles. The second-order valence-electron chi connectivity index (χ2n) is 11.3. The number of aryl methyl sites for hydroxylation is 1. The first-order valence-corrected chi connectivity index (χ1v) is 16.0. The number of hydrogen-bond donors (Lipinski definition) is 2. The number of para-hydroxylation sites is 1. The number of fused-ring (bicyclic) bond motifs is 1. The lowest BCUT2D eigenvalue weighted by Crippen LogP contribution is -2.37. The number of aromatic nitrogens is 2. The standard InChI is InChI=1S/C37H34Cl2N6O4.ClH/c1-23-20-31(44(2)3)27-6-5-7-32(36(27)42-23)49-22-28-29(38)13-14-30(35(28)39)45(4)34(47)21-41-33(46)15-10-24-8-11-25(12-9-24)37(48)43-26-16-18-40-19-17-26;/h5-20H,21-22H2,1-4H3,(H,41,46)(H,40,43,48);1H/b15-10+;. The van der Waals surface area contributed by atoms with Crippen LogP contribution in [0.4, 0.5) is 17.1 Å². The van der Waals surface area contributed by atoms with Gasteiger partial charge in [0.2, 0.25) is 11.8 Å². The molecule has 0 atom stereocenters. The zero-order valence-corrected chi connectivity index (χ0v) is 30.1. The van der Waals surface area contributed by atoms with Crippen molar-refractivity contribution < 1.29 is 19.1 Å². The fourth-order valence-electron chi connectivity index (χ4n) is 4.97. The number of hydrogen-bond acceptors (Lipinski definition) is 7. The summed E-state index contributed by atoms with van der Waals surface area (Å²) in [5.74, 6) is -0.552. The molecule has 0 aliphatic rings. The van der Waals surface area contributed by atoms with Crippen molar-refractivity contribution in [2.45, 2.75) is 13.5 Å². The molecule has 0 saturated carbocycles. The van der Waals surface area contributed by atoms with Crippen LogP contribution in [0.15, 0.2) is 91.3 Å². The summed E-state index contributed by atoms with van der Waals surface area (Å²) in [7, 11) is 5.52. The zero-order chi connectivity index (χ0) is 35.1. The SMILES string of the molecule is Cc1cc(N(C)C)c2cccc(OCc3c(Cl)ccc(N(C)C(=O)CNC(=O)/C=C/c4ccc(C(=O)Nc5ccncc5)cc4)c3Cl)c2n1.Cl. The topological polar surface area (TPSA) is 117 Å². The first-order chi connectivity index (χ1) is 23.5. The minimum atomic E-state index is -0.464. The molecule has 5 rings (SSSR count). The summed E-state index contributed by atoms with van der Waals surface area (Å²) in [4.78, 5) is 50.0. The van der Waals surface area contributed by atoms with Gasteiger partial charge in [0.1, 0.15) is 17.9 Å². The van der Waals surface area contributed by atoms with Crippen LogP contribution in [0.1, 0.15) is 27.2 Å². The zero-order valence-electron chi connectivity index (χ0n) is 27.7. The third-order valence-electron chi connectivity index (χ3n) is 7.62. The fraction of sp³-hybridized carbons (Fsp3) is 0.162. The molecule has 0 fully saturated rings. The molecule has 3 amide bonds. The van der Waals surface area contributed by atoms with E-state index >= 15 is 0 Å². The average Bonchev–Trinajstić information content (AvgIpc) is 3.09. The Bertz CT molecular complexity index is 2040. The van der Waals surface area contributed by atoms with Gasteiger partial charge in [0.05, 0.1) is 17.3 Å². The molecule has 10 nitrogen and oxygen atoms in total. The van der Waals surface area contributed by atoms with E-state index in [9.17, 15) is 14.4 Å². The second kappa shape index (κ2) is 17.0. The van der Waals surface area contributed by atoms with Gasteiger partial charge in [0.15, 0.2) is 0 Å². The first kappa shape index (κ1) is 37.7. The van der Waals surface area contributed by atoms with Crippen molar-refractivity contribution in [2.75, 3.05) is 42.8 Å². The van der Waals surface area contributed by atoms with Gasteiger partial charge in [-0.1, -0.05) is 47.5 Å². The van der Waals surface area contributed by atoms with Crippen molar-refractivity contribution in [1.29, 1.82) is 0 Å². The van der Waals surface area contributed by atoms with E-state index in [2.05, 4.69) is 15.6 Å². The molecule has 0 bridgehead atoms. The number of carbonyl (C=O) groups excluding carboxylic acids is 3. The van der Waals surface area contributed by atoms with Crippen LogP contribution in [0.25, 0.3) is 17.0 Å². The third kappa shape index (κ3) is 9.09. The van der Waals surface area contributed by atoms with Crippen molar-refractivity contribution in [2.24, 2.45) is 0 Å². The molecule has 3 aromatic carbocycles. The fourth-order valence-corrected chi connectivity index (χ4v) is 5.58. The number of carbonyl (C=O) groups is 3. The van der Waals surface area contributed by atoms with E-state index in [0.717, 1.165) is 16.8 Å². The summed E-state index contributed by atoms with van der Waals surface area (Å²) in [6.07, 6.45) is 6.08. The number of rotatable bonds is 11. The van der Waals surface area contributed by atoms with Crippen LogP contribution in [0, 0.1) is 6.92 Å². The van der Waals surface area contributed by atoms with Crippen molar-refractivity contribution in [3.05, 3.63) is 124 Å². The number of amides is 3. The maximum Gasteiger partial charge on any atom is 0.255 e. The molecule has 0 spiro atoms. The molecule has 0 radical (unpaired) electrons. The Hall–Kier alpha value is -5.16. The molecule has 50 heavy (non-hydrogen) atoms. The minimum Gasteiger partial charge on any atom is -0.487 e. The highest BCUT2D eigenvalue weighted by atomic mass is 35.5. The highest BCUT2D eigenvalue weighted by Crippen LogP contribution is 2.36. The number of halogens is 3. The number of anilines is 3. The summed E-state index contributed by atoms with van der Waals surface area (Å²) in [6, 6.07) is 21.2. The van der Waals surface area contributed by atoms with Crippen LogP contribution in [0.5, 0.6) is 5.75 Å². The van der Waals surface area contributed by atoms with Gasteiger partial charge in [-0.15, -0.1) is 12.4 Å². The molecule has 0 saturated heterocycles. The summed E-state index contributed by atoms with van der Waals surface area (Å²) in [5.41, 5.74) is 5.30. The molecular formula is C37H35Cl3N6O4. The Balaban J connectivity index is 0.00000562. The highest BCUT2D eigenvalue weighted by molar-refractivity contribution is 6.38. The van der Waals surface area contributed by atoms with Gasteiger partial charge in [-0.25, -0.2) is 4.98 Å². The van der Waals surface area contributed by atoms with Crippen molar-refractivity contribution in [3.63, 3.8) is 0 Å². The molecule has 0 aliphatic carbocycles. The lowest BCUT2D eigenvalue weighted by atomic mass is 10.1. The van der Waals surface area contributed by atoms with Gasteiger partial charge in [-0.05, 0) is 67.1 Å². The van der Waals surface area contributed by atoms with E-state index in [1.165, 1.54) is 11.0 Å². The van der Waals surface area contributed by atoms with Gasteiger partial charge in [0.25, 0.3) is 5.91 Å². The van der Waals surface area contributed by atoms with E-state index in [-0.39, 0.29) is 36.5 Å². The Kier molecular flexibility index (Phi) is 12.8. The van der Waals surface area contributed by atoms with Crippen molar-refractivity contribution in [1.82, 2.24) is 15.3 Å². The van der Waals surface area contributed by atoms with E-state index < -0.39 is 11.8 Å². The van der Waals surface area contributed by atoms with Gasteiger partial charge >= 0.3 is 0 Å². The molecular weight excluding hydrogens is 699 g/mol. The molecule has 2 aromatic heterocycles. The van der Waals surface area contributed by atoms with Crippen LogP contribution in [0.3, 0.4) is 0 Å². The molecule has 258 valence electrons. The van der Waals surface area contributed by atoms with Gasteiger partial charge in [0, 0.05) is 78.2 Å². The average molecular weight is 734 g/mol. The van der Waals surface area contributed by atoms with Crippen LogP contribution in [-0.2, 0) is 16.2 Å². The normalized spacial score (nSPS) is 10.8. The lowest BCUT2D eigenvalue weighted by molar-refractivity contribution is -0.122. The maximum atomic E-state index is 13.1. The lowest BCUT2D eigenvalue weighted by Gasteiger charge is -2.21. The largest absolute Gasteiger partial charge is 0.487 e. The minimum absolute atomic E-state index is 0. The van der Waals surface area contributed by atoms with Crippen LogP contribution >= 0.6 is 35.6 Å². The Morgan fingerprint density at radius 1 is 0.920 bits per heavy atom. The number of benzene rings is 3. The Morgan fingerprint density at radius 3 is 2.34 bits per heavy atom. The molecule has 0 aliphatic heterocycles. The van der Waals surface area contributed by atoms with Crippen LogP contribution < -0.4 is 25.2 Å². The maximum absolute atomic E-state index is 13.1. The van der Waals surface area contributed by atoms with Crippen molar-refractivity contribution >= 4 is 87.4 Å². The van der Waals surface area contributed by atoms with Crippen molar-refractivity contribution in [3.8, 4) is 5.75 Å². The summed E-state index contributed by atoms with van der Waals surface area (Å²) in [6.45, 7) is 1.70. The predicted molar refractivity (Wildman–Crippen MR) is 203 cm³/mol. The second-order valence-corrected chi connectivity index (χ2v) is 12.1. The molecule has 5 aromatic rings. The van der Waals surface area contributed by atoms with E-state index in [1.54, 1.807) is 74.0 Å². The predicted octanol–water partition coefficient (Wildman–Crippen LogP) is 7.36. The quantitative estimate of drug-likeness (QED) is 0.136. The van der Waals surface area contributed by atoms with Gasteiger partial charge < -0.3 is 25.2 Å². The number of ether oxygens (including phenoxy) is 1. The molecule has 13 heteroatoms. The van der Waals surface area contributed by atoms with Gasteiger partial charge in [-0.2, -0.15) is 0 Å². The third-order valence-corrected chi connectivity index (χ3v) is 8.39. The van der Waals surface area contributed by atoms with E-state index in [0.29, 0.717) is 44.4 Å². The van der Waals surface area contributed by atoms with Crippen LogP contribution in [0.2, 0.25) is 10.0 Å². The Labute approximate surface area is 306 Å². The highest BCUT2D eigenvalue weighted by Gasteiger charge is 2.20. The summed E-state index contributed by atoms with van der Waals surface area (Å²) < 4.78 is 6.20. The number of likely N-dealkylation sites (N-methyl/N-ethyl adjacent to an activating group) is 1. The van der Waals surface area contributed by atoms with E-state index in [4.69, 9.17) is 32.9 Å². The first-order valence-electron chi connectivity index (χ1n) is 15.2. The number of nitrogens with one attached hydrogen (secondary N) is 2. The summed E-state index contributed by atoms with van der Waals surface area (Å²) >= 11 is 13.3. The number of pyridine rings is 2.